The maximum absolute atomic E-state index is 12.1. The van der Waals surface area contributed by atoms with E-state index in [1.165, 1.54) is 44.2 Å². The van der Waals surface area contributed by atoms with Gasteiger partial charge in [0.05, 0.1) is 43.8 Å². The van der Waals surface area contributed by atoms with Crippen molar-refractivity contribution in [3.05, 3.63) is 65.0 Å². The lowest BCUT2D eigenvalue weighted by molar-refractivity contribution is -0.910. The summed E-state index contributed by atoms with van der Waals surface area (Å²) in [6, 6.07) is 14.5. The molecule has 7 heteroatoms. The number of methoxy groups -OCH3 is 1. The predicted molar refractivity (Wildman–Crippen MR) is 144 cm³/mol. The number of fused-ring (bicyclic) bond motifs is 3. The van der Waals surface area contributed by atoms with E-state index in [-0.39, 0.29) is 5.97 Å². The number of imidazole rings is 1. The molecular formula is C29H36N5O2+. The molecular weight excluding hydrogens is 450 g/mol. The van der Waals surface area contributed by atoms with Gasteiger partial charge in [0.1, 0.15) is 17.9 Å². The van der Waals surface area contributed by atoms with Gasteiger partial charge in [-0.25, -0.2) is 14.8 Å². The Morgan fingerprint density at radius 2 is 1.81 bits per heavy atom. The van der Waals surface area contributed by atoms with Crippen LogP contribution in [0.5, 0.6) is 0 Å². The summed E-state index contributed by atoms with van der Waals surface area (Å²) in [5.41, 5.74) is 11.8. The van der Waals surface area contributed by atoms with Crippen LogP contribution in [-0.2, 0) is 24.2 Å². The Bertz CT molecular complexity index is 1400. The predicted octanol–water partition coefficient (Wildman–Crippen LogP) is 5.08. The number of anilines is 1. The lowest BCUT2D eigenvalue weighted by Gasteiger charge is -2.29. The molecule has 0 atom stereocenters. The maximum atomic E-state index is 12.1. The van der Waals surface area contributed by atoms with Crippen LogP contribution in [0.25, 0.3) is 21.9 Å². The van der Waals surface area contributed by atoms with Gasteiger partial charge in [0.25, 0.3) is 0 Å². The molecule has 2 aromatic carbocycles. The van der Waals surface area contributed by atoms with E-state index in [2.05, 4.69) is 47.8 Å². The summed E-state index contributed by atoms with van der Waals surface area (Å²) in [5.74, 6) is 1.01. The Labute approximate surface area is 212 Å². The zero-order chi connectivity index (χ0) is 25.3. The van der Waals surface area contributed by atoms with E-state index in [1.54, 1.807) is 12.1 Å². The molecule has 2 N–H and O–H groups in total. The molecule has 0 amide bonds. The number of nitrogens with zero attached hydrogens (tertiary/aromatic N) is 4. The molecule has 188 valence electrons. The highest BCUT2D eigenvalue weighted by molar-refractivity contribution is 6.08. The number of carbonyl (C=O) groups is 1. The van der Waals surface area contributed by atoms with Gasteiger partial charge in [0.15, 0.2) is 5.82 Å². The van der Waals surface area contributed by atoms with Crippen molar-refractivity contribution in [1.82, 2.24) is 14.5 Å². The molecule has 0 spiro atoms. The number of carbonyl (C=O) groups excluding carboxylic acids is 1. The second-order valence-electron chi connectivity index (χ2n) is 10.4. The van der Waals surface area contributed by atoms with Crippen molar-refractivity contribution in [1.29, 1.82) is 0 Å². The van der Waals surface area contributed by atoms with Crippen LogP contribution in [0.1, 0.15) is 59.9 Å². The molecule has 0 aliphatic carbocycles. The van der Waals surface area contributed by atoms with E-state index < -0.39 is 0 Å². The van der Waals surface area contributed by atoms with Crippen LogP contribution in [-0.4, -0.2) is 52.2 Å². The molecule has 7 nitrogen and oxygen atoms in total. The molecule has 2 aromatic heterocycles. The SMILES string of the molecule is CCCCc1nc2c(N)nc3cc(C(=O)OC)ccc3c2n1Cc1ccc(C[N+]2(C)CCCC2)cc1. The number of quaternary nitrogens is 1. The molecule has 0 unspecified atom stereocenters. The van der Waals surface area contributed by atoms with E-state index in [1.807, 2.05) is 6.07 Å². The second kappa shape index (κ2) is 9.90. The van der Waals surface area contributed by atoms with E-state index in [0.29, 0.717) is 23.4 Å². The van der Waals surface area contributed by atoms with Crippen molar-refractivity contribution in [3.8, 4) is 0 Å². The highest BCUT2D eigenvalue weighted by Crippen LogP contribution is 2.31. The Morgan fingerprint density at radius 1 is 1.08 bits per heavy atom. The zero-order valence-electron chi connectivity index (χ0n) is 21.6. The summed E-state index contributed by atoms with van der Waals surface area (Å²) < 4.78 is 8.32. The monoisotopic (exact) mass is 486 g/mol. The number of benzene rings is 2. The Kier molecular flexibility index (Phi) is 6.67. The number of unbranched alkanes of at least 4 members (excludes halogenated alkanes) is 1. The standard InChI is InChI=1S/C29H36N5O2/c1-4-5-8-25-32-26-27(23-14-13-22(29(35)36-3)17-24(23)31-28(26)30)33(25)18-20-9-11-21(12-10-20)19-34(2)15-6-7-16-34/h9-14,17H,4-8,15-16,18-19H2,1-3H3,(H2,30,31)/q+1. The smallest absolute Gasteiger partial charge is 0.337 e. The first kappa shape index (κ1) is 24.3. The number of hydrogen-bond acceptors (Lipinski definition) is 5. The van der Waals surface area contributed by atoms with Gasteiger partial charge >= 0.3 is 5.97 Å². The number of pyridine rings is 1. The zero-order valence-corrected chi connectivity index (χ0v) is 21.6. The normalized spacial score (nSPS) is 15.1. The molecule has 0 bridgehead atoms. The largest absolute Gasteiger partial charge is 0.465 e. The van der Waals surface area contributed by atoms with Crippen LogP contribution < -0.4 is 5.73 Å². The number of rotatable bonds is 8. The first-order valence-electron chi connectivity index (χ1n) is 13.0. The number of nitrogens with two attached hydrogens (primary N) is 1. The first-order chi connectivity index (χ1) is 17.4. The topological polar surface area (TPSA) is 83.0 Å². The van der Waals surface area contributed by atoms with Crippen molar-refractivity contribution in [3.63, 3.8) is 0 Å². The molecule has 0 saturated carbocycles. The van der Waals surface area contributed by atoms with Gasteiger partial charge in [0, 0.05) is 36.8 Å². The second-order valence-corrected chi connectivity index (χ2v) is 10.4. The van der Waals surface area contributed by atoms with Gasteiger partial charge in [-0.2, -0.15) is 0 Å². The summed E-state index contributed by atoms with van der Waals surface area (Å²) in [4.78, 5) is 21.6. The van der Waals surface area contributed by atoms with E-state index in [9.17, 15) is 4.79 Å². The van der Waals surface area contributed by atoms with Gasteiger partial charge in [-0.3, -0.25) is 0 Å². The molecule has 1 aliphatic heterocycles. The van der Waals surface area contributed by atoms with Crippen molar-refractivity contribution < 1.29 is 14.0 Å². The third-order valence-corrected chi connectivity index (χ3v) is 7.53. The number of nitrogen functional groups attached to an aromatic ring is 1. The van der Waals surface area contributed by atoms with Gasteiger partial charge in [-0.15, -0.1) is 0 Å². The third kappa shape index (κ3) is 4.67. The minimum atomic E-state index is -0.389. The van der Waals surface area contributed by atoms with E-state index >= 15 is 0 Å². The lowest BCUT2D eigenvalue weighted by Crippen LogP contribution is -2.39. The van der Waals surface area contributed by atoms with Crippen molar-refractivity contribution in [2.24, 2.45) is 0 Å². The van der Waals surface area contributed by atoms with Gasteiger partial charge < -0.3 is 19.5 Å². The fourth-order valence-corrected chi connectivity index (χ4v) is 5.53. The molecule has 0 radical (unpaired) electrons. The lowest BCUT2D eigenvalue weighted by atomic mass is 10.1. The number of esters is 1. The molecule has 5 rings (SSSR count). The average molecular weight is 487 g/mol. The highest BCUT2D eigenvalue weighted by Gasteiger charge is 2.27. The molecule has 3 heterocycles. The van der Waals surface area contributed by atoms with Crippen molar-refractivity contribution >= 4 is 33.7 Å². The molecule has 1 saturated heterocycles. The first-order valence-corrected chi connectivity index (χ1v) is 13.0. The van der Waals surface area contributed by atoms with E-state index in [4.69, 9.17) is 15.5 Å². The summed E-state index contributed by atoms with van der Waals surface area (Å²) >= 11 is 0. The Balaban J connectivity index is 1.55. The van der Waals surface area contributed by atoms with Crippen LogP contribution >= 0.6 is 0 Å². The summed E-state index contributed by atoms with van der Waals surface area (Å²) in [7, 11) is 3.75. The summed E-state index contributed by atoms with van der Waals surface area (Å²) in [6.45, 7) is 6.52. The highest BCUT2D eigenvalue weighted by atomic mass is 16.5. The fourth-order valence-electron chi connectivity index (χ4n) is 5.53. The number of ether oxygens (including phenoxy) is 1. The number of likely N-dealkylation sites (tertiary alicyclic amines) is 1. The average Bonchev–Trinajstić information content (AvgIpc) is 3.47. The van der Waals surface area contributed by atoms with Crippen LogP contribution in [0.15, 0.2) is 42.5 Å². The minimum Gasteiger partial charge on any atom is -0.465 e. The van der Waals surface area contributed by atoms with Crippen molar-refractivity contribution in [2.75, 3.05) is 33.0 Å². The number of aryl methyl sites for hydroxylation is 1. The van der Waals surface area contributed by atoms with Gasteiger partial charge in [-0.05, 0) is 30.2 Å². The minimum absolute atomic E-state index is 0.383. The fraction of sp³-hybridized carbons (Fsp3) is 0.414. The third-order valence-electron chi connectivity index (χ3n) is 7.53. The Hall–Kier alpha value is -3.45. The maximum Gasteiger partial charge on any atom is 0.337 e. The molecule has 4 aromatic rings. The quantitative estimate of drug-likeness (QED) is 0.277. The van der Waals surface area contributed by atoms with Crippen LogP contribution in [0, 0.1) is 0 Å². The van der Waals surface area contributed by atoms with Gasteiger partial charge in [-0.1, -0.05) is 37.6 Å². The van der Waals surface area contributed by atoms with E-state index in [0.717, 1.165) is 52.5 Å². The van der Waals surface area contributed by atoms with Gasteiger partial charge in [0.2, 0.25) is 0 Å². The van der Waals surface area contributed by atoms with Crippen LogP contribution in [0.3, 0.4) is 0 Å². The number of hydrogen-bond donors (Lipinski definition) is 1. The molecule has 1 fully saturated rings. The van der Waals surface area contributed by atoms with Crippen LogP contribution in [0.2, 0.25) is 0 Å². The van der Waals surface area contributed by atoms with Crippen molar-refractivity contribution in [2.45, 2.75) is 52.1 Å². The Morgan fingerprint density at radius 3 is 2.50 bits per heavy atom. The molecule has 36 heavy (non-hydrogen) atoms. The summed E-state index contributed by atoms with van der Waals surface area (Å²) in [6.07, 6.45) is 5.68. The van der Waals surface area contributed by atoms with Crippen LogP contribution in [0.4, 0.5) is 5.82 Å². The summed E-state index contributed by atoms with van der Waals surface area (Å²) in [5, 5.41) is 0.935. The molecule has 1 aliphatic rings. The number of aromatic nitrogens is 3.